The number of benzene rings is 2. The van der Waals surface area contributed by atoms with Gasteiger partial charge in [-0.15, -0.1) is 0 Å². The number of methoxy groups -OCH3 is 2. The smallest absolute Gasteiger partial charge is 0.432 e. The lowest BCUT2D eigenvalue weighted by Crippen LogP contribution is -2.50. The molecule has 170 valence electrons. The van der Waals surface area contributed by atoms with E-state index in [9.17, 15) is 19.2 Å². The lowest BCUT2D eigenvalue weighted by molar-refractivity contribution is -0.143. The summed E-state index contributed by atoms with van der Waals surface area (Å²) in [5, 5.41) is 4.71. The summed E-state index contributed by atoms with van der Waals surface area (Å²) in [4.78, 5) is 52.8. The van der Waals surface area contributed by atoms with E-state index >= 15 is 0 Å². The molecule has 3 N–H and O–H groups in total. The summed E-state index contributed by atoms with van der Waals surface area (Å²) in [5.74, 6) is -1.34. The second-order valence-electron chi connectivity index (χ2n) is 6.64. The number of esters is 2. The highest BCUT2D eigenvalue weighted by Crippen LogP contribution is 2.06. The molecule has 0 aliphatic rings. The Hall–Kier alpha value is -4.08. The number of hydroxylamine groups is 1. The van der Waals surface area contributed by atoms with Gasteiger partial charge in [0, 0.05) is 12.8 Å². The number of amides is 3. The Bertz CT molecular complexity index is 831. The molecule has 3 amide bonds. The van der Waals surface area contributed by atoms with Gasteiger partial charge in [-0.05, 0) is 11.1 Å². The molecule has 2 atom stereocenters. The van der Waals surface area contributed by atoms with Gasteiger partial charge in [-0.2, -0.15) is 5.48 Å². The lowest BCUT2D eigenvalue weighted by atomic mass is 10.1. The van der Waals surface area contributed by atoms with Crippen LogP contribution in [-0.2, 0) is 36.7 Å². The topological polar surface area (TPSA) is 132 Å². The predicted molar refractivity (Wildman–Crippen MR) is 113 cm³/mol. The average molecular weight is 443 g/mol. The van der Waals surface area contributed by atoms with Gasteiger partial charge in [0.25, 0.3) is 0 Å². The number of carbonyl (C=O) groups excluding carboxylic acids is 4. The van der Waals surface area contributed by atoms with Gasteiger partial charge in [-0.3, -0.25) is 0 Å². The number of carbonyl (C=O) groups is 4. The van der Waals surface area contributed by atoms with Crippen LogP contribution in [0.15, 0.2) is 60.7 Å². The predicted octanol–water partition coefficient (Wildman–Crippen LogP) is 1.50. The van der Waals surface area contributed by atoms with Gasteiger partial charge in [0.05, 0.1) is 14.2 Å². The zero-order chi connectivity index (χ0) is 23.3. The van der Waals surface area contributed by atoms with E-state index < -0.39 is 36.1 Å². The van der Waals surface area contributed by atoms with Crippen molar-refractivity contribution < 1.29 is 33.5 Å². The zero-order valence-electron chi connectivity index (χ0n) is 17.7. The van der Waals surface area contributed by atoms with E-state index in [1.807, 2.05) is 17.6 Å². The molecule has 32 heavy (non-hydrogen) atoms. The third-order valence-corrected chi connectivity index (χ3v) is 4.37. The molecular formula is C22H25N3O7. The first-order valence-corrected chi connectivity index (χ1v) is 9.70. The van der Waals surface area contributed by atoms with Crippen LogP contribution in [0.2, 0.25) is 0 Å². The average Bonchev–Trinajstić information content (AvgIpc) is 2.82. The van der Waals surface area contributed by atoms with Gasteiger partial charge in [0.2, 0.25) is 0 Å². The molecule has 10 heteroatoms. The molecule has 0 spiro atoms. The SMILES string of the molecule is COC(=O)[C@H](Cc1ccccc1)NC(=O)NOC(=O)N[C@@H](Cc1ccccc1)C(=O)OC. The first kappa shape index (κ1) is 24.2. The van der Waals surface area contributed by atoms with Crippen LogP contribution in [0.5, 0.6) is 0 Å². The molecular weight excluding hydrogens is 418 g/mol. The first-order valence-electron chi connectivity index (χ1n) is 9.70. The summed E-state index contributed by atoms with van der Waals surface area (Å²) >= 11 is 0. The molecule has 0 aromatic heterocycles. The van der Waals surface area contributed by atoms with Gasteiger partial charge in [0.1, 0.15) is 12.1 Å². The second-order valence-corrected chi connectivity index (χ2v) is 6.64. The van der Waals surface area contributed by atoms with Gasteiger partial charge < -0.3 is 24.9 Å². The van der Waals surface area contributed by atoms with Crippen LogP contribution >= 0.6 is 0 Å². The maximum Gasteiger partial charge on any atom is 0.432 e. The van der Waals surface area contributed by atoms with Gasteiger partial charge in [-0.1, -0.05) is 60.7 Å². The summed E-state index contributed by atoms with van der Waals surface area (Å²) in [6.45, 7) is 0. The minimum absolute atomic E-state index is 0.163. The maximum atomic E-state index is 12.1. The fraction of sp³-hybridized carbons (Fsp3) is 0.273. The van der Waals surface area contributed by atoms with Crippen molar-refractivity contribution in [1.29, 1.82) is 0 Å². The summed E-state index contributed by atoms with van der Waals surface area (Å²) in [6, 6.07) is 15.0. The van der Waals surface area contributed by atoms with Crippen molar-refractivity contribution in [1.82, 2.24) is 16.1 Å². The molecule has 0 aliphatic heterocycles. The number of rotatable bonds is 8. The van der Waals surface area contributed by atoms with Crippen LogP contribution in [0, 0.1) is 0 Å². The third kappa shape index (κ3) is 7.98. The first-order chi connectivity index (χ1) is 15.4. The lowest BCUT2D eigenvalue weighted by Gasteiger charge is -2.18. The second kappa shape index (κ2) is 12.6. The van der Waals surface area contributed by atoms with Gasteiger partial charge in [-0.25, -0.2) is 19.2 Å². The van der Waals surface area contributed by atoms with Crippen LogP contribution in [0.1, 0.15) is 11.1 Å². The van der Waals surface area contributed by atoms with Gasteiger partial charge >= 0.3 is 24.1 Å². The normalized spacial score (nSPS) is 11.9. The molecule has 2 aromatic rings. The highest BCUT2D eigenvalue weighted by Gasteiger charge is 2.25. The van der Waals surface area contributed by atoms with Crippen molar-refractivity contribution in [2.45, 2.75) is 24.9 Å². The summed E-state index contributed by atoms with van der Waals surface area (Å²) < 4.78 is 9.40. The van der Waals surface area contributed by atoms with Crippen LogP contribution in [0.4, 0.5) is 9.59 Å². The largest absolute Gasteiger partial charge is 0.467 e. The summed E-state index contributed by atoms with van der Waals surface area (Å²) in [6.07, 6.45) is -0.741. The molecule has 0 unspecified atom stereocenters. The maximum absolute atomic E-state index is 12.1. The van der Waals surface area contributed by atoms with Crippen LogP contribution < -0.4 is 16.1 Å². The van der Waals surface area contributed by atoms with Crippen molar-refractivity contribution in [3.05, 3.63) is 71.8 Å². The molecule has 10 nitrogen and oxygen atoms in total. The van der Waals surface area contributed by atoms with Gasteiger partial charge in [0.15, 0.2) is 0 Å². The van der Waals surface area contributed by atoms with E-state index in [1.54, 1.807) is 48.5 Å². The number of hydrogen-bond acceptors (Lipinski definition) is 7. The third-order valence-electron chi connectivity index (χ3n) is 4.37. The minimum atomic E-state index is -1.08. The molecule has 0 heterocycles. The number of hydrogen-bond donors (Lipinski definition) is 3. The van der Waals surface area contributed by atoms with Crippen molar-refractivity contribution >= 4 is 24.1 Å². The Morgan fingerprint density at radius 1 is 0.719 bits per heavy atom. The van der Waals surface area contributed by atoms with E-state index in [2.05, 4.69) is 15.5 Å². The number of urea groups is 1. The molecule has 2 aromatic carbocycles. The van der Waals surface area contributed by atoms with E-state index in [-0.39, 0.29) is 12.8 Å². The molecule has 2 rings (SSSR count). The summed E-state index contributed by atoms with van der Waals surface area (Å²) in [5.41, 5.74) is 3.46. The standard InChI is InChI=1S/C22H25N3O7/c1-30-19(26)17(13-15-9-5-3-6-10-15)23-21(28)25-32-22(29)24-18(20(27)31-2)14-16-11-7-4-8-12-16/h3-12,17-18H,13-14H2,1-2H3,(H,24,29)(H2,23,25,28)/t17-,18-/m0/s1. The van der Waals surface area contributed by atoms with Crippen molar-refractivity contribution in [3.8, 4) is 0 Å². The van der Waals surface area contributed by atoms with Crippen LogP contribution in [0.3, 0.4) is 0 Å². The van der Waals surface area contributed by atoms with Crippen molar-refractivity contribution in [2.75, 3.05) is 14.2 Å². The van der Waals surface area contributed by atoms with E-state index in [0.717, 1.165) is 11.1 Å². The van der Waals surface area contributed by atoms with E-state index in [1.165, 1.54) is 14.2 Å². The quantitative estimate of drug-likeness (QED) is 0.320. The molecule has 0 saturated carbocycles. The number of ether oxygens (including phenoxy) is 2. The fourth-order valence-corrected chi connectivity index (χ4v) is 2.82. The zero-order valence-corrected chi connectivity index (χ0v) is 17.7. The molecule has 0 fully saturated rings. The molecule has 0 saturated heterocycles. The van der Waals surface area contributed by atoms with Crippen LogP contribution in [0.25, 0.3) is 0 Å². The summed E-state index contributed by atoms with van der Waals surface area (Å²) in [7, 11) is 2.39. The van der Waals surface area contributed by atoms with Crippen molar-refractivity contribution in [3.63, 3.8) is 0 Å². The van der Waals surface area contributed by atoms with E-state index in [0.29, 0.717) is 0 Å². The van der Waals surface area contributed by atoms with E-state index in [4.69, 9.17) is 9.47 Å². The minimum Gasteiger partial charge on any atom is -0.467 e. The Morgan fingerprint density at radius 2 is 1.16 bits per heavy atom. The Labute approximate surface area is 185 Å². The highest BCUT2D eigenvalue weighted by molar-refractivity contribution is 5.85. The molecule has 0 bridgehead atoms. The molecule has 0 radical (unpaired) electrons. The highest BCUT2D eigenvalue weighted by atomic mass is 16.7. The van der Waals surface area contributed by atoms with Crippen molar-refractivity contribution in [2.24, 2.45) is 0 Å². The monoisotopic (exact) mass is 443 g/mol. The Morgan fingerprint density at radius 3 is 1.59 bits per heavy atom. The number of nitrogens with one attached hydrogen (secondary N) is 3. The van der Waals surface area contributed by atoms with Crippen LogP contribution in [-0.4, -0.2) is 50.4 Å². The Balaban J connectivity index is 1.89. The fourth-order valence-electron chi connectivity index (χ4n) is 2.82. The molecule has 0 aliphatic carbocycles. The Kier molecular flexibility index (Phi) is 9.51.